The molecular weight excluding hydrogens is 258 g/mol. The van der Waals surface area contributed by atoms with E-state index in [1.54, 1.807) is 24.3 Å². The fourth-order valence-corrected chi connectivity index (χ4v) is 4.26. The van der Waals surface area contributed by atoms with Gasteiger partial charge in [0, 0.05) is 11.1 Å². The number of halogens is 1. The van der Waals surface area contributed by atoms with Crippen LogP contribution in [0.15, 0.2) is 29.2 Å². The van der Waals surface area contributed by atoms with Crippen molar-refractivity contribution in [3.8, 4) is 0 Å². The molecule has 2 atom stereocenters. The predicted octanol–water partition coefficient (Wildman–Crippen LogP) is 2.25. The first-order chi connectivity index (χ1) is 8.04. The zero-order chi connectivity index (χ0) is 12.5. The molecule has 3 nitrogen and oxygen atoms in total. The van der Waals surface area contributed by atoms with Crippen molar-refractivity contribution in [3.63, 3.8) is 0 Å². The molecule has 0 bridgehead atoms. The summed E-state index contributed by atoms with van der Waals surface area (Å²) in [4.78, 5) is 0.378. The summed E-state index contributed by atoms with van der Waals surface area (Å²) in [5.74, 6) is 0. The van der Waals surface area contributed by atoms with E-state index in [0.717, 1.165) is 12.8 Å². The van der Waals surface area contributed by atoms with Crippen LogP contribution < -0.4 is 5.32 Å². The summed E-state index contributed by atoms with van der Waals surface area (Å²) in [6, 6.07) is 6.74. The van der Waals surface area contributed by atoms with Crippen molar-refractivity contribution in [1.29, 1.82) is 0 Å². The minimum atomic E-state index is -3.20. The van der Waals surface area contributed by atoms with Gasteiger partial charge in [0.1, 0.15) is 0 Å². The monoisotopic (exact) mass is 273 g/mol. The summed E-state index contributed by atoms with van der Waals surface area (Å²) < 4.78 is 24.7. The van der Waals surface area contributed by atoms with Gasteiger partial charge in [0.05, 0.1) is 10.1 Å². The molecule has 0 aromatic heterocycles. The Kier molecular flexibility index (Phi) is 3.76. The third-order valence-corrected chi connectivity index (χ3v) is 5.86. The summed E-state index contributed by atoms with van der Waals surface area (Å²) in [5, 5.41) is 3.44. The fourth-order valence-electron chi connectivity index (χ4n) is 2.30. The lowest BCUT2D eigenvalue weighted by Gasteiger charge is -2.12. The first-order valence-corrected chi connectivity index (χ1v) is 7.63. The molecule has 0 spiro atoms. The van der Waals surface area contributed by atoms with E-state index in [2.05, 4.69) is 5.32 Å². The number of sulfone groups is 1. The average Bonchev–Trinajstić information content (AvgIpc) is 2.78. The van der Waals surface area contributed by atoms with Gasteiger partial charge in [-0.25, -0.2) is 8.42 Å². The molecule has 0 heterocycles. The zero-order valence-electron chi connectivity index (χ0n) is 9.69. The van der Waals surface area contributed by atoms with Crippen LogP contribution in [0.3, 0.4) is 0 Å². The van der Waals surface area contributed by atoms with Crippen molar-refractivity contribution in [3.05, 3.63) is 29.3 Å². The summed E-state index contributed by atoms with van der Waals surface area (Å²) in [5.41, 5.74) is 0. The van der Waals surface area contributed by atoms with Crippen molar-refractivity contribution in [2.24, 2.45) is 0 Å². The number of nitrogens with one attached hydrogen (secondary N) is 1. The van der Waals surface area contributed by atoms with E-state index < -0.39 is 9.84 Å². The number of rotatable bonds is 3. The van der Waals surface area contributed by atoms with Gasteiger partial charge in [0.2, 0.25) is 0 Å². The maximum Gasteiger partial charge on any atom is 0.181 e. The summed E-state index contributed by atoms with van der Waals surface area (Å²) >= 11 is 5.76. The minimum Gasteiger partial charge on any atom is -0.317 e. The molecule has 0 amide bonds. The van der Waals surface area contributed by atoms with Crippen LogP contribution in [0.1, 0.15) is 19.3 Å². The highest BCUT2D eigenvalue weighted by Crippen LogP contribution is 2.30. The molecule has 1 aliphatic rings. The maximum absolute atomic E-state index is 12.3. The molecule has 0 radical (unpaired) electrons. The van der Waals surface area contributed by atoms with E-state index in [9.17, 15) is 8.42 Å². The third-order valence-electron chi connectivity index (χ3n) is 3.37. The normalized spacial score (nSPS) is 25.1. The second-order valence-corrected chi connectivity index (χ2v) is 7.08. The first-order valence-electron chi connectivity index (χ1n) is 5.71. The Bertz CT molecular complexity index is 484. The molecule has 0 aliphatic heterocycles. The van der Waals surface area contributed by atoms with Crippen LogP contribution >= 0.6 is 11.6 Å². The summed E-state index contributed by atoms with van der Waals surface area (Å²) in [6.07, 6.45) is 2.35. The second-order valence-electron chi connectivity index (χ2n) is 4.42. The van der Waals surface area contributed by atoms with Crippen molar-refractivity contribution in [2.75, 3.05) is 7.05 Å². The highest BCUT2D eigenvalue weighted by atomic mass is 35.5. The molecule has 1 fully saturated rings. The minimum absolute atomic E-state index is 0.263. The summed E-state index contributed by atoms with van der Waals surface area (Å²) in [6.45, 7) is 0. The molecule has 1 N–H and O–H groups in total. The highest BCUT2D eigenvalue weighted by molar-refractivity contribution is 7.92. The quantitative estimate of drug-likeness (QED) is 0.919. The third kappa shape index (κ3) is 2.64. The van der Waals surface area contributed by atoms with Crippen molar-refractivity contribution >= 4 is 21.4 Å². The summed E-state index contributed by atoms with van der Waals surface area (Å²) in [7, 11) is -1.32. The molecule has 5 heteroatoms. The fraction of sp³-hybridized carbons (Fsp3) is 0.500. The smallest absolute Gasteiger partial charge is 0.181 e. The van der Waals surface area contributed by atoms with E-state index in [4.69, 9.17) is 11.6 Å². The van der Waals surface area contributed by atoms with Crippen molar-refractivity contribution in [1.82, 2.24) is 5.32 Å². The average molecular weight is 274 g/mol. The molecule has 94 valence electrons. The van der Waals surface area contributed by atoms with Crippen LogP contribution in [0.4, 0.5) is 0 Å². The molecule has 1 aromatic rings. The van der Waals surface area contributed by atoms with E-state index in [1.165, 1.54) is 0 Å². The number of hydrogen-bond donors (Lipinski definition) is 1. The maximum atomic E-state index is 12.3. The van der Waals surface area contributed by atoms with Gasteiger partial charge >= 0.3 is 0 Å². The number of benzene rings is 1. The van der Waals surface area contributed by atoms with E-state index >= 15 is 0 Å². The van der Waals surface area contributed by atoms with Crippen LogP contribution in [-0.4, -0.2) is 26.8 Å². The molecule has 1 aliphatic carbocycles. The molecule has 2 rings (SSSR count). The van der Waals surface area contributed by atoms with E-state index in [1.807, 2.05) is 7.05 Å². The largest absolute Gasteiger partial charge is 0.317 e. The zero-order valence-corrected chi connectivity index (χ0v) is 11.3. The van der Waals surface area contributed by atoms with Crippen LogP contribution in [0, 0.1) is 0 Å². The van der Waals surface area contributed by atoms with E-state index in [0.29, 0.717) is 22.4 Å². The molecule has 2 unspecified atom stereocenters. The lowest BCUT2D eigenvalue weighted by Crippen LogP contribution is -2.25. The van der Waals surface area contributed by atoms with Crippen LogP contribution in [0.5, 0.6) is 0 Å². The Hall–Kier alpha value is -0.580. The molecule has 17 heavy (non-hydrogen) atoms. The van der Waals surface area contributed by atoms with Crippen LogP contribution in [0.2, 0.25) is 5.02 Å². The van der Waals surface area contributed by atoms with Crippen molar-refractivity contribution in [2.45, 2.75) is 35.4 Å². The van der Waals surface area contributed by atoms with Gasteiger partial charge in [0.25, 0.3) is 0 Å². The van der Waals surface area contributed by atoms with Crippen LogP contribution in [-0.2, 0) is 9.84 Å². The molecule has 1 aromatic carbocycles. The van der Waals surface area contributed by atoms with Gasteiger partial charge < -0.3 is 5.32 Å². The van der Waals surface area contributed by atoms with Gasteiger partial charge in [-0.15, -0.1) is 0 Å². The van der Waals surface area contributed by atoms with Crippen LogP contribution in [0.25, 0.3) is 0 Å². The highest BCUT2D eigenvalue weighted by Gasteiger charge is 2.34. The Balaban J connectivity index is 2.22. The Labute approximate surface area is 107 Å². The van der Waals surface area contributed by atoms with E-state index in [-0.39, 0.29) is 5.25 Å². The second kappa shape index (κ2) is 4.96. The van der Waals surface area contributed by atoms with Gasteiger partial charge in [-0.05, 0) is 50.6 Å². The first kappa shape index (κ1) is 12.9. The van der Waals surface area contributed by atoms with Crippen molar-refractivity contribution < 1.29 is 8.42 Å². The topological polar surface area (TPSA) is 46.2 Å². The number of hydrogen-bond acceptors (Lipinski definition) is 3. The molecule has 1 saturated carbocycles. The molecular formula is C12H16ClNO2S. The van der Waals surface area contributed by atoms with Gasteiger partial charge in [0.15, 0.2) is 9.84 Å². The Morgan fingerprint density at radius 2 is 1.88 bits per heavy atom. The lowest BCUT2D eigenvalue weighted by atomic mass is 10.3. The van der Waals surface area contributed by atoms with Gasteiger partial charge in [-0.3, -0.25) is 0 Å². The standard InChI is InChI=1S/C12H16ClNO2S/c1-14-10-4-7-12(8-10)17(15,16)11-5-2-9(13)3-6-11/h2-3,5-6,10,12,14H,4,7-8H2,1H3. The Morgan fingerprint density at radius 1 is 1.24 bits per heavy atom. The van der Waals surface area contributed by atoms with Gasteiger partial charge in [-0.2, -0.15) is 0 Å². The van der Waals surface area contributed by atoms with Gasteiger partial charge in [-0.1, -0.05) is 11.6 Å². The lowest BCUT2D eigenvalue weighted by molar-refractivity contribution is 0.564. The Morgan fingerprint density at radius 3 is 2.41 bits per heavy atom. The molecule has 0 saturated heterocycles. The SMILES string of the molecule is CNC1CCC(S(=O)(=O)c2ccc(Cl)cc2)C1. The predicted molar refractivity (Wildman–Crippen MR) is 69.1 cm³/mol.